The van der Waals surface area contributed by atoms with E-state index in [9.17, 15) is 0 Å². The molecule has 0 aliphatic carbocycles. The van der Waals surface area contributed by atoms with E-state index in [-0.39, 0.29) is 0 Å². The quantitative estimate of drug-likeness (QED) is 0.207. The lowest BCUT2D eigenvalue weighted by atomic mass is 9.88. The first-order valence-corrected chi connectivity index (χ1v) is 14.3. The lowest BCUT2D eigenvalue weighted by Crippen LogP contribution is -1.97. The predicted molar refractivity (Wildman–Crippen MR) is 178 cm³/mol. The summed E-state index contributed by atoms with van der Waals surface area (Å²) >= 11 is 0. The van der Waals surface area contributed by atoms with Crippen molar-refractivity contribution in [2.75, 3.05) is 0 Å². The first-order valence-electron chi connectivity index (χ1n) is 14.3. The molecule has 0 spiro atoms. The number of para-hydroxylation sites is 2. The molecular weight excluding hydrogens is 508 g/mol. The molecule has 0 aliphatic rings. The van der Waals surface area contributed by atoms with Crippen molar-refractivity contribution in [2.24, 2.45) is 0 Å². The average Bonchev–Trinajstić information content (AvgIpc) is 3.06. The van der Waals surface area contributed by atoms with Crippen LogP contribution in [0.5, 0.6) is 0 Å². The standard InChI is InChI=1S/C40H24N2/c1-2-12-28-23-30(20-17-25(28)9-1)39-40(42-36-16-8-7-15-35(36)41-39)34-24-29-19-18-26-10-3-5-13-31(26)37(29)33-22-21-27-11-4-6-14-32(27)38(33)34/h1-24H. The Hall–Kier alpha value is -5.60. The van der Waals surface area contributed by atoms with Crippen LogP contribution in [0.4, 0.5) is 0 Å². The second-order valence-electron chi connectivity index (χ2n) is 11.0. The van der Waals surface area contributed by atoms with Crippen LogP contribution in [-0.2, 0) is 0 Å². The van der Waals surface area contributed by atoms with Gasteiger partial charge < -0.3 is 0 Å². The molecule has 0 unspecified atom stereocenters. The summed E-state index contributed by atoms with van der Waals surface area (Å²) in [6, 6.07) is 52.0. The maximum absolute atomic E-state index is 5.37. The minimum absolute atomic E-state index is 0.893. The van der Waals surface area contributed by atoms with Crippen molar-refractivity contribution in [1.29, 1.82) is 0 Å². The summed E-state index contributed by atoms with van der Waals surface area (Å²) in [6.07, 6.45) is 0. The van der Waals surface area contributed by atoms with Gasteiger partial charge in [-0.25, -0.2) is 9.97 Å². The molecule has 1 aromatic heterocycles. The Morgan fingerprint density at radius 2 is 0.881 bits per heavy atom. The normalized spacial score (nSPS) is 11.8. The van der Waals surface area contributed by atoms with E-state index in [2.05, 4.69) is 133 Å². The number of aromatic nitrogens is 2. The Labute approximate surface area is 242 Å². The van der Waals surface area contributed by atoms with Crippen LogP contribution in [0.15, 0.2) is 146 Å². The minimum Gasteiger partial charge on any atom is -0.244 e. The average molecular weight is 533 g/mol. The highest BCUT2D eigenvalue weighted by atomic mass is 14.8. The molecule has 0 aliphatic heterocycles. The molecule has 194 valence electrons. The number of fused-ring (bicyclic) bond motifs is 9. The Kier molecular flexibility index (Phi) is 4.93. The summed E-state index contributed by atoms with van der Waals surface area (Å²) in [5.41, 5.74) is 5.75. The van der Waals surface area contributed by atoms with Crippen LogP contribution in [-0.4, -0.2) is 9.97 Å². The second-order valence-corrected chi connectivity index (χ2v) is 11.0. The summed E-state index contributed by atoms with van der Waals surface area (Å²) in [5.74, 6) is 0. The highest BCUT2D eigenvalue weighted by Crippen LogP contribution is 2.43. The highest BCUT2D eigenvalue weighted by Gasteiger charge is 2.20. The Morgan fingerprint density at radius 3 is 1.64 bits per heavy atom. The molecule has 2 nitrogen and oxygen atoms in total. The third-order valence-electron chi connectivity index (χ3n) is 8.58. The molecule has 0 saturated carbocycles. The Morgan fingerprint density at radius 1 is 0.333 bits per heavy atom. The van der Waals surface area contributed by atoms with Gasteiger partial charge in [0.1, 0.15) is 0 Å². The number of rotatable bonds is 2. The van der Waals surface area contributed by atoms with Gasteiger partial charge in [-0.05, 0) is 78.1 Å². The smallest absolute Gasteiger partial charge is 0.0979 e. The third-order valence-corrected chi connectivity index (χ3v) is 8.58. The maximum atomic E-state index is 5.37. The van der Waals surface area contributed by atoms with Crippen LogP contribution < -0.4 is 0 Å². The van der Waals surface area contributed by atoms with Gasteiger partial charge in [-0.15, -0.1) is 0 Å². The van der Waals surface area contributed by atoms with E-state index in [1.165, 1.54) is 53.9 Å². The van der Waals surface area contributed by atoms with Crippen molar-refractivity contribution in [1.82, 2.24) is 9.97 Å². The van der Waals surface area contributed by atoms with Crippen molar-refractivity contribution < 1.29 is 0 Å². The summed E-state index contributed by atoms with van der Waals surface area (Å²) in [5, 5.41) is 12.3. The van der Waals surface area contributed by atoms with E-state index in [1.54, 1.807) is 0 Å². The Balaban J connectivity index is 1.48. The first kappa shape index (κ1) is 23.1. The highest BCUT2D eigenvalue weighted by molar-refractivity contribution is 6.28. The van der Waals surface area contributed by atoms with E-state index in [0.29, 0.717) is 0 Å². The monoisotopic (exact) mass is 532 g/mol. The molecule has 0 bridgehead atoms. The number of hydrogen-bond acceptors (Lipinski definition) is 2. The minimum atomic E-state index is 0.893. The van der Waals surface area contributed by atoms with Crippen molar-refractivity contribution in [3.8, 4) is 22.5 Å². The first-order chi connectivity index (χ1) is 20.8. The number of benzene rings is 8. The van der Waals surface area contributed by atoms with Gasteiger partial charge in [0.15, 0.2) is 0 Å². The molecule has 0 radical (unpaired) electrons. The third kappa shape index (κ3) is 3.45. The maximum Gasteiger partial charge on any atom is 0.0979 e. The molecule has 0 atom stereocenters. The van der Waals surface area contributed by atoms with E-state index in [1.807, 2.05) is 12.1 Å². The number of hydrogen-bond donors (Lipinski definition) is 0. The number of nitrogens with zero attached hydrogens (tertiary/aromatic N) is 2. The van der Waals surface area contributed by atoms with Gasteiger partial charge in [0, 0.05) is 11.1 Å². The van der Waals surface area contributed by atoms with Gasteiger partial charge >= 0.3 is 0 Å². The van der Waals surface area contributed by atoms with Crippen LogP contribution in [0.2, 0.25) is 0 Å². The zero-order chi connectivity index (χ0) is 27.6. The molecule has 0 N–H and O–H groups in total. The van der Waals surface area contributed by atoms with Gasteiger partial charge in [0.25, 0.3) is 0 Å². The van der Waals surface area contributed by atoms with Crippen molar-refractivity contribution in [3.05, 3.63) is 146 Å². The molecule has 42 heavy (non-hydrogen) atoms. The summed E-state index contributed by atoms with van der Waals surface area (Å²) in [7, 11) is 0. The lowest BCUT2D eigenvalue weighted by molar-refractivity contribution is 1.30. The van der Waals surface area contributed by atoms with Crippen molar-refractivity contribution in [2.45, 2.75) is 0 Å². The van der Waals surface area contributed by atoms with Gasteiger partial charge in [-0.2, -0.15) is 0 Å². The molecule has 8 aromatic carbocycles. The molecule has 2 heteroatoms. The summed E-state index contributed by atoms with van der Waals surface area (Å²) in [4.78, 5) is 10.6. The predicted octanol–water partition coefficient (Wildman–Crippen LogP) is 10.7. The van der Waals surface area contributed by atoms with Gasteiger partial charge in [0.2, 0.25) is 0 Å². The van der Waals surface area contributed by atoms with Crippen molar-refractivity contribution >= 4 is 64.9 Å². The van der Waals surface area contributed by atoms with Crippen LogP contribution in [0, 0.1) is 0 Å². The zero-order valence-corrected chi connectivity index (χ0v) is 22.8. The SMILES string of the molecule is c1ccc2cc(-c3nc4ccccc4nc3-c3cc4ccc5ccccc5c4c4ccc5ccccc5c34)ccc2c1. The molecule has 9 aromatic rings. The van der Waals surface area contributed by atoms with Crippen LogP contribution in [0.25, 0.3) is 87.4 Å². The summed E-state index contributed by atoms with van der Waals surface area (Å²) in [6.45, 7) is 0. The fourth-order valence-corrected chi connectivity index (χ4v) is 6.62. The van der Waals surface area contributed by atoms with Gasteiger partial charge in [-0.3, -0.25) is 0 Å². The van der Waals surface area contributed by atoms with Crippen LogP contribution in [0.1, 0.15) is 0 Å². The topological polar surface area (TPSA) is 25.8 Å². The fraction of sp³-hybridized carbons (Fsp3) is 0. The molecule has 0 fully saturated rings. The fourth-order valence-electron chi connectivity index (χ4n) is 6.62. The van der Waals surface area contributed by atoms with Gasteiger partial charge in [-0.1, -0.05) is 121 Å². The molecule has 9 rings (SSSR count). The molecule has 0 saturated heterocycles. The second kappa shape index (κ2) is 8.95. The summed E-state index contributed by atoms with van der Waals surface area (Å²) < 4.78 is 0. The van der Waals surface area contributed by atoms with Crippen LogP contribution >= 0.6 is 0 Å². The van der Waals surface area contributed by atoms with Crippen molar-refractivity contribution in [3.63, 3.8) is 0 Å². The van der Waals surface area contributed by atoms with E-state index < -0.39 is 0 Å². The lowest BCUT2D eigenvalue weighted by Gasteiger charge is -2.17. The van der Waals surface area contributed by atoms with Crippen LogP contribution in [0.3, 0.4) is 0 Å². The molecule has 1 heterocycles. The zero-order valence-electron chi connectivity index (χ0n) is 22.8. The molecule has 0 amide bonds. The van der Waals surface area contributed by atoms with E-state index in [0.717, 1.165) is 33.5 Å². The van der Waals surface area contributed by atoms with E-state index >= 15 is 0 Å². The Bertz CT molecular complexity index is 2530. The van der Waals surface area contributed by atoms with Gasteiger partial charge in [0.05, 0.1) is 22.4 Å². The van der Waals surface area contributed by atoms with E-state index in [4.69, 9.17) is 9.97 Å². The largest absolute Gasteiger partial charge is 0.244 e. The molecular formula is C40H24N2.